The predicted molar refractivity (Wildman–Crippen MR) is 53.6 cm³/mol. The predicted octanol–water partition coefficient (Wildman–Crippen LogP) is 1.68. The SMILES string of the molecule is CC(CO)(CC1CCC1)NC1CC1. The van der Waals surface area contributed by atoms with Crippen molar-refractivity contribution < 1.29 is 5.11 Å². The summed E-state index contributed by atoms with van der Waals surface area (Å²) in [5, 5.41) is 12.9. The van der Waals surface area contributed by atoms with Crippen LogP contribution in [-0.2, 0) is 0 Å². The van der Waals surface area contributed by atoms with E-state index in [9.17, 15) is 5.11 Å². The number of hydrogen-bond acceptors (Lipinski definition) is 2. The van der Waals surface area contributed by atoms with Gasteiger partial charge in [0, 0.05) is 11.6 Å². The highest BCUT2D eigenvalue weighted by Crippen LogP contribution is 2.35. The lowest BCUT2D eigenvalue weighted by Gasteiger charge is -2.36. The molecule has 2 N–H and O–H groups in total. The molecule has 13 heavy (non-hydrogen) atoms. The van der Waals surface area contributed by atoms with Crippen LogP contribution in [0.5, 0.6) is 0 Å². The monoisotopic (exact) mass is 183 g/mol. The summed E-state index contributed by atoms with van der Waals surface area (Å²) in [6, 6.07) is 0.706. The molecule has 2 heteroatoms. The third kappa shape index (κ3) is 2.44. The Morgan fingerprint density at radius 3 is 2.38 bits per heavy atom. The lowest BCUT2D eigenvalue weighted by molar-refractivity contribution is 0.123. The number of aliphatic hydroxyl groups is 1. The molecule has 2 saturated carbocycles. The van der Waals surface area contributed by atoms with Gasteiger partial charge in [-0.1, -0.05) is 19.3 Å². The Labute approximate surface area is 80.7 Å². The number of nitrogens with one attached hydrogen (secondary N) is 1. The van der Waals surface area contributed by atoms with Gasteiger partial charge < -0.3 is 10.4 Å². The molecule has 2 nitrogen and oxygen atoms in total. The fraction of sp³-hybridized carbons (Fsp3) is 1.00. The second-order valence-electron chi connectivity index (χ2n) is 5.14. The summed E-state index contributed by atoms with van der Waals surface area (Å²) in [7, 11) is 0. The van der Waals surface area contributed by atoms with Crippen LogP contribution in [0.3, 0.4) is 0 Å². The molecule has 0 spiro atoms. The maximum Gasteiger partial charge on any atom is 0.0610 e. The third-order valence-electron chi connectivity index (χ3n) is 3.44. The van der Waals surface area contributed by atoms with E-state index in [1.807, 2.05) is 0 Å². The summed E-state index contributed by atoms with van der Waals surface area (Å²) < 4.78 is 0. The summed E-state index contributed by atoms with van der Waals surface area (Å²) in [6.45, 7) is 2.46. The van der Waals surface area contributed by atoms with Crippen molar-refractivity contribution in [1.29, 1.82) is 0 Å². The van der Waals surface area contributed by atoms with Crippen LogP contribution in [0.2, 0.25) is 0 Å². The zero-order valence-electron chi connectivity index (χ0n) is 8.55. The first kappa shape index (κ1) is 9.47. The van der Waals surface area contributed by atoms with E-state index >= 15 is 0 Å². The van der Waals surface area contributed by atoms with Crippen LogP contribution in [0.4, 0.5) is 0 Å². The minimum absolute atomic E-state index is 0.00620. The van der Waals surface area contributed by atoms with E-state index in [-0.39, 0.29) is 5.54 Å². The Morgan fingerprint density at radius 2 is 2.00 bits per heavy atom. The van der Waals surface area contributed by atoms with E-state index in [1.165, 1.54) is 38.5 Å². The molecule has 2 aliphatic carbocycles. The average molecular weight is 183 g/mol. The van der Waals surface area contributed by atoms with Gasteiger partial charge in [0.1, 0.15) is 0 Å². The van der Waals surface area contributed by atoms with Crippen molar-refractivity contribution in [2.45, 2.75) is 57.0 Å². The van der Waals surface area contributed by atoms with Crippen molar-refractivity contribution in [1.82, 2.24) is 5.32 Å². The van der Waals surface area contributed by atoms with E-state index in [2.05, 4.69) is 12.2 Å². The average Bonchev–Trinajstić information content (AvgIpc) is 2.81. The van der Waals surface area contributed by atoms with Gasteiger partial charge >= 0.3 is 0 Å². The Morgan fingerprint density at radius 1 is 1.31 bits per heavy atom. The number of aliphatic hydroxyl groups excluding tert-OH is 1. The van der Waals surface area contributed by atoms with Crippen molar-refractivity contribution in [3.63, 3.8) is 0 Å². The van der Waals surface area contributed by atoms with Crippen molar-refractivity contribution in [2.75, 3.05) is 6.61 Å². The molecule has 2 rings (SSSR count). The van der Waals surface area contributed by atoms with Crippen LogP contribution in [-0.4, -0.2) is 23.3 Å². The summed E-state index contributed by atoms with van der Waals surface area (Å²) in [5.41, 5.74) is 0.00620. The Balaban J connectivity index is 1.80. The molecule has 0 aliphatic heterocycles. The molecule has 1 atom stereocenters. The van der Waals surface area contributed by atoms with Gasteiger partial charge in [-0.05, 0) is 32.1 Å². The minimum Gasteiger partial charge on any atom is -0.394 e. The molecule has 0 radical (unpaired) electrons. The smallest absolute Gasteiger partial charge is 0.0610 e. The van der Waals surface area contributed by atoms with Crippen molar-refractivity contribution in [3.05, 3.63) is 0 Å². The zero-order valence-corrected chi connectivity index (χ0v) is 8.55. The first-order valence-corrected chi connectivity index (χ1v) is 5.60. The van der Waals surface area contributed by atoms with E-state index in [0.29, 0.717) is 12.6 Å². The van der Waals surface area contributed by atoms with Gasteiger partial charge in [-0.25, -0.2) is 0 Å². The molecule has 0 aromatic carbocycles. The van der Waals surface area contributed by atoms with Crippen molar-refractivity contribution >= 4 is 0 Å². The van der Waals surface area contributed by atoms with Gasteiger partial charge in [0.05, 0.1) is 6.61 Å². The molecule has 0 aromatic rings. The molecule has 0 amide bonds. The molecular weight excluding hydrogens is 162 g/mol. The van der Waals surface area contributed by atoms with Gasteiger partial charge in [-0.2, -0.15) is 0 Å². The highest BCUT2D eigenvalue weighted by molar-refractivity contribution is 4.94. The number of rotatable bonds is 5. The maximum absolute atomic E-state index is 9.37. The lowest BCUT2D eigenvalue weighted by Crippen LogP contribution is -2.48. The molecule has 1 unspecified atom stereocenters. The molecule has 2 fully saturated rings. The highest BCUT2D eigenvalue weighted by Gasteiger charge is 2.35. The second kappa shape index (κ2) is 3.58. The summed E-state index contributed by atoms with van der Waals surface area (Å²) in [6.07, 6.45) is 7.93. The van der Waals surface area contributed by atoms with Gasteiger partial charge in [0.25, 0.3) is 0 Å². The Kier molecular flexibility index (Phi) is 2.61. The third-order valence-corrected chi connectivity index (χ3v) is 3.44. The maximum atomic E-state index is 9.37. The van der Waals surface area contributed by atoms with Crippen LogP contribution >= 0.6 is 0 Å². The van der Waals surface area contributed by atoms with Crippen molar-refractivity contribution in [2.24, 2.45) is 5.92 Å². The fourth-order valence-corrected chi connectivity index (χ4v) is 2.22. The first-order valence-electron chi connectivity index (χ1n) is 5.60. The molecular formula is C11H21NO. The standard InChI is InChI=1S/C11H21NO/c1-11(8-13,12-10-5-6-10)7-9-3-2-4-9/h9-10,12-13H,2-8H2,1H3. The molecule has 0 saturated heterocycles. The molecule has 2 aliphatic rings. The van der Waals surface area contributed by atoms with Crippen LogP contribution in [0, 0.1) is 5.92 Å². The highest BCUT2D eigenvalue weighted by atomic mass is 16.3. The number of hydrogen-bond donors (Lipinski definition) is 2. The van der Waals surface area contributed by atoms with E-state index in [1.54, 1.807) is 0 Å². The van der Waals surface area contributed by atoms with Crippen molar-refractivity contribution in [3.8, 4) is 0 Å². The summed E-state index contributed by atoms with van der Waals surface area (Å²) in [4.78, 5) is 0. The van der Waals surface area contributed by atoms with Gasteiger partial charge in [0.2, 0.25) is 0 Å². The van der Waals surface area contributed by atoms with Gasteiger partial charge in [-0.3, -0.25) is 0 Å². The fourth-order valence-electron chi connectivity index (χ4n) is 2.22. The van der Waals surface area contributed by atoms with E-state index in [0.717, 1.165) is 5.92 Å². The van der Waals surface area contributed by atoms with Crippen LogP contribution < -0.4 is 5.32 Å². The quantitative estimate of drug-likeness (QED) is 0.679. The lowest BCUT2D eigenvalue weighted by atomic mass is 9.77. The normalized spacial score (nSPS) is 28.2. The summed E-state index contributed by atoms with van der Waals surface area (Å²) >= 11 is 0. The van der Waals surface area contributed by atoms with Crippen LogP contribution in [0.25, 0.3) is 0 Å². The van der Waals surface area contributed by atoms with E-state index < -0.39 is 0 Å². The van der Waals surface area contributed by atoms with Gasteiger partial charge in [-0.15, -0.1) is 0 Å². The molecule has 0 aromatic heterocycles. The topological polar surface area (TPSA) is 32.3 Å². The minimum atomic E-state index is 0.00620. The van der Waals surface area contributed by atoms with Crippen LogP contribution in [0.1, 0.15) is 45.4 Å². The summed E-state index contributed by atoms with van der Waals surface area (Å²) in [5.74, 6) is 0.878. The molecule has 0 bridgehead atoms. The molecule has 76 valence electrons. The zero-order chi connectivity index (χ0) is 9.31. The Hall–Kier alpha value is -0.0800. The second-order valence-corrected chi connectivity index (χ2v) is 5.14. The van der Waals surface area contributed by atoms with Crippen LogP contribution in [0.15, 0.2) is 0 Å². The van der Waals surface area contributed by atoms with E-state index in [4.69, 9.17) is 0 Å². The largest absolute Gasteiger partial charge is 0.394 e. The Bertz CT molecular complexity index is 175. The molecule has 0 heterocycles. The first-order chi connectivity index (χ1) is 6.22. The van der Waals surface area contributed by atoms with Gasteiger partial charge in [0.15, 0.2) is 0 Å².